The lowest BCUT2D eigenvalue weighted by molar-refractivity contribution is -0.661. The SMILES string of the molecule is CCCCN(CCCC)C(=O)c1cc(C)[n+](-c2ccc(NSC[C@]34CC5[C@H](CC3=O)C54C)cc2C(=O)N2Cc3ccccc3C[C@H]2CO)[nH]1. The van der Waals surface area contributed by atoms with Crippen molar-refractivity contribution < 1.29 is 24.2 Å². The molecule has 3 saturated carbocycles. The fourth-order valence-corrected chi connectivity index (χ4v) is 10.3. The van der Waals surface area contributed by atoms with E-state index < -0.39 is 0 Å². The Morgan fingerprint density at radius 1 is 1.06 bits per heavy atom. The Hall–Kier alpha value is -3.63. The third-order valence-electron chi connectivity index (χ3n) is 12.3. The van der Waals surface area contributed by atoms with Crippen LogP contribution in [0, 0.1) is 29.6 Å². The Morgan fingerprint density at radius 2 is 1.80 bits per heavy atom. The normalized spacial score (nSPS) is 26.2. The molecule has 5 atom stereocenters. The molecule has 260 valence electrons. The highest BCUT2D eigenvalue weighted by Gasteiger charge is 2.86. The van der Waals surface area contributed by atoms with E-state index in [1.165, 1.54) is 0 Å². The van der Waals surface area contributed by atoms with Crippen LogP contribution in [-0.4, -0.2) is 69.1 Å². The highest BCUT2D eigenvalue weighted by Crippen LogP contribution is 2.86. The second-order valence-corrected chi connectivity index (χ2v) is 15.7. The number of hydrogen-bond acceptors (Lipinski definition) is 6. The number of hydrogen-bond donors (Lipinski definition) is 3. The summed E-state index contributed by atoms with van der Waals surface area (Å²) in [5, 5.41) is 13.8. The summed E-state index contributed by atoms with van der Waals surface area (Å²) >= 11 is 1.55. The van der Waals surface area contributed by atoms with Crippen molar-refractivity contribution in [1.82, 2.24) is 14.9 Å². The number of aliphatic hydroxyl groups is 1. The van der Waals surface area contributed by atoms with Crippen molar-refractivity contribution in [2.45, 2.75) is 85.2 Å². The van der Waals surface area contributed by atoms with Crippen molar-refractivity contribution >= 4 is 35.2 Å². The van der Waals surface area contributed by atoms with Crippen LogP contribution in [0.25, 0.3) is 5.69 Å². The lowest BCUT2D eigenvalue weighted by Gasteiger charge is -2.45. The predicted octanol–water partition coefficient (Wildman–Crippen LogP) is 5.88. The second kappa shape index (κ2) is 13.2. The number of fused-ring (bicyclic) bond motifs is 2. The van der Waals surface area contributed by atoms with E-state index in [0.717, 1.165) is 66.8 Å². The molecule has 4 aliphatic rings. The number of H-pyrrole nitrogens is 1. The van der Waals surface area contributed by atoms with Gasteiger partial charge in [0.15, 0.2) is 5.69 Å². The first-order valence-electron chi connectivity index (χ1n) is 18.1. The zero-order chi connectivity index (χ0) is 34.5. The summed E-state index contributed by atoms with van der Waals surface area (Å²) in [6.45, 7) is 10.2. The third kappa shape index (κ3) is 5.59. The first kappa shape index (κ1) is 33.8. The number of ketones is 1. The highest BCUT2D eigenvalue weighted by molar-refractivity contribution is 8.00. The minimum Gasteiger partial charge on any atom is -0.394 e. The standard InChI is InChI=1S/C39H49N5O4S/c1-5-7-15-42(16-8-6-2)37(48)33-17-25(3)44(40-33)34-14-13-28(41-49-24-39-21-32-31(20-35(39)46)38(32,39)4)19-30(34)36(47)43-22-27-12-10-9-11-26(27)18-29(43)23-45/h9-14,17,19,29,31-32,41,45H,5-8,15-16,18,20-24H2,1-4H3/p+1/t29-,31-,32?,38?,39+/m0/s1. The maximum Gasteiger partial charge on any atom is 0.276 e. The largest absolute Gasteiger partial charge is 0.394 e. The molecule has 2 heterocycles. The van der Waals surface area contributed by atoms with Crippen LogP contribution in [0.4, 0.5) is 5.69 Å². The number of nitrogens with one attached hydrogen (secondary N) is 2. The first-order chi connectivity index (χ1) is 23.7. The van der Waals surface area contributed by atoms with Gasteiger partial charge in [-0.1, -0.05) is 74.5 Å². The van der Waals surface area contributed by atoms with Gasteiger partial charge in [-0.15, -0.1) is 0 Å². The minimum atomic E-state index is -0.356. The van der Waals surface area contributed by atoms with E-state index in [1.54, 1.807) is 16.8 Å². The fourth-order valence-electron chi connectivity index (χ4n) is 9.09. The van der Waals surface area contributed by atoms with Gasteiger partial charge in [-0.05, 0) is 66.2 Å². The van der Waals surface area contributed by atoms with Gasteiger partial charge >= 0.3 is 0 Å². The van der Waals surface area contributed by atoms with Crippen molar-refractivity contribution in [2.75, 3.05) is 30.2 Å². The molecule has 1 aliphatic heterocycles. The summed E-state index contributed by atoms with van der Waals surface area (Å²) in [6, 6.07) is 15.4. The van der Waals surface area contributed by atoms with E-state index >= 15 is 0 Å². The van der Waals surface area contributed by atoms with Gasteiger partial charge in [0.1, 0.15) is 11.3 Å². The molecular formula is C39H50N5O4S+. The van der Waals surface area contributed by atoms with Gasteiger partial charge in [0, 0.05) is 62.0 Å². The molecule has 9 nitrogen and oxygen atoms in total. The van der Waals surface area contributed by atoms with Crippen molar-refractivity contribution in [1.29, 1.82) is 0 Å². The van der Waals surface area contributed by atoms with Crippen molar-refractivity contribution in [3.8, 4) is 5.69 Å². The molecule has 0 saturated heterocycles. The summed E-state index contributed by atoms with van der Waals surface area (Å²) in [5.41, 5.74) is 5.37. The lowest BCUT2D eigenvalue weighted by atomic mass is 9.60. The number of benzene rings is 2. The predicted molar refractivity (Wildman–Crippen MR) is 192 cm³/mol. The topological polar surface area (TPSA) is 110 Å². The molecule has 0 spiro atoms. The summed E-state index contributed by atoms with van der Waals surface area (Å²) in [7, 11) is 0. The number of carbonyl (C=O) groups is 3. The number of nitrogens with zero attached hydrogens (tertiary/aromatic N) is 3. The van der Waals surface area contributed by atoms with Crippen LogP contribution in [-0.2, 0) is 17.8 Å². The number of aliphatic hydroxyl groups excluding tert-OH is 1. The van der Waals surface area contributed by atoms with Gasteiger partial charge in [-0.25, -0.2) is 0 Å². The van der Waals surface area contributed by atoms with Crippen LogP contribution in [0.3, 0.4) is 0 Å². The maximum absolute atomic E-state index is 14.6. The number of aryl methyl sites for hydroxylation is 1. The van der Waals surface area contributed by atoms with E-state index in [0.29, 0.717) is 60.6 Å². The Balaban J connectivity index is 1.19. The van der Waals surface area contributed by atoms with Crippen molar-refractivity contribution in [3.63, 3.8) is 0 Å². The summed E-state index contributed by atoms with van der Waals surface area (Å²) in [4.78, 5) is 45.0. The number of amides is 2. The van der Waals surface area contributed by atoms with Crippen LogP contribution < -0.4 is 9.40 Å². The van der Waals surface area contributed by atoms with Gasteiger partial charge in [0.2, 0.25) is 11.4 Å². The van der Waals surface area contributed by atoms with Crippen molar-refractivity contribution in [2.24, 2.45) is 22.7 Å². The molecule has 1 aromatic heterocycles. The molecule has 2 aromatic carbocycles. The molecule has 3 N–H and O–H groups in total. The van der Waals surface area contributed by atoms with E-state index in [2.05, 4.69) is 36.7 Å². The Kier molecular flexibility index (Phi) is 9.15. The molecule has 3 aromatic rings. The molecule has 2 unspecified atom stereocenters. The summed E-state index contributed by atoms with van der Waals surface area (Å²) < 4.78 is 5.31. The van der Waals surface area contributed by atoms with Gasteiger partial charge < -0.3 is 19.6 Å². The monoisotopic (exact) mass is 684 g/mol. The number of rotatable bonds is 14. The number of anilines is 1. The van der Waals surface area contributed by atoms with E-state index in [1.807, 2.05) is 59.0 Å². The number of carbonyl (C=O) groups excluding carboxylic acids is 3. The van der Waals surface area contributed by atoms with Crippen LogP contribution >= 0.6 is 11.9 Å². The molecule has 7 rings (SSSR count). The minimum absolute atomic E-state index is 0.0371. The highest BCUT2D eigenvalue weighted by atomic mass is 32.2. The Bertz CT molecular complexity index is 1770. The second-order valence-electron chi connectivity index (χ2n) is 14.9. The quantitative estimate of drug-likeness (QED) is 0.145. The molecule has 0 radical (unpaired) electrons. The van der Waals surface area contributed by atoms with Crippen molar-refractivity contribution in [3.05, 3.63) is 76.6 Å². The molecule has 3 aliphatic carbocycles. The maximum atomic E-state index is 14.6. The average Bonchev–Trinajstić information content (AvgIpc) is 3.32. The van der Waals surface area contributed by atoms with Gasteiger partial charge in [-0.2, -0.15) is 5.10 Å². The van der Waals surface area contributed by atoms with E-state index in [4.69, 9.17) is 0 Å². The fraction of sp³-hybridized carbons (Fsp3) is 0.538. The molecule has 49 heavy (non-hydrogen) atoms. The average molecular weight is 685 g/mol. The zero-order valence-corrected chi connectivity index (χ0v) is 30.1. The van der Waals surface area contributed by atoms with Gasteiger partial charge in [0.05, 0.1) is 12.6 Å². The van der Waals surface area contributed by atoms with Gasteiger partial charge in [-0.3, -0.25) is 14.4 Å². The van der Waals surface area contributed by atoms with Gasteiger partial charge in [0.25, 0.3) is 11.8 Å². The molecule has 2 amide bonds. The lowest BCUT2D eigenvalue weighted by Crippen LogP contribution is -2.48. The number of aromatic amines is 1. The van der Waals surface area contributed by atoms with Crippen LogP contribution in [0.1, 0.15) is 97.0 Å². The van der Waals surface area contributed by atoms with Crippen LogP contribution in [0.15, 0.2) is 48.5 Å². The van der Waals surface area contributed by atoms with Crippen LogP contribution in [0.5, 0.6) is 0 Å². The van der Waals surface area contributed by atoms with E-state index in [-0.39, 0.29) is 35.3 Å². The number of aromatic nitrogens is 2. The van der Waals surface area contributed by atoms with Crippen LogP contribution in [0.2, 0.25) is 0 Å². The summed E-state index contributed by atoms with van der Waals surface area (Å²) in [6.07, 6.45) is 6.22. The zero-order valence-electron chi connectivity index (χ0n) is 29.3. The first-order valence-corrected chi connectivity index (χ1v) is 19.1. The molecule has 10 heteroatoms. The molecular weight excluding hydrogens is 635 g/mol. The number of unbranched alkanes of at least 4 members (excludes halogenated alkanes) is 2. The molecule has 3 fully saturated rings. The number of Topliss-reactive ketones (excluding diaryl/α,β-unsaturated/α-hetero) is 1. The smallest absolute Gasteiger partial charge is 0.276 e. The Morgan fingerprint density at radius 3 is 2.45 bits per heavy atom. The molecule has 0 bridgehead atoms. The third-order valence-corrected chi connectivity index (χ3v) is 13.3. The Labute approximate surface area is 293 Å². The summed E-state index contributed by atoms with van der Waals surface area (Å²) in [5.74, 6) is 2.20. The van der Waals surface area contributed by atoms with E-state index in [9.17, 15) is 19.5 Å².